The Labute approximate surface area is 149 Å². The number of halogens is 1. The van der Waals surface area contributed by atoms with Crippen LogP contribution in [0.2, 0.25) is 5.02 Å². The van der Waals surface area contributed by atoms with Gasteiger partial charge < -0.3 is 9.32 Å². The summed E-state index contributed by atoms with van der Waals surface area (Å²) in [5.41, 5.74) is 0.366. The predicted octanol–water partition coefficient (Wildman–Crippen LogP) is 4.61. The largest absolute Gasteiger partial charge is 0.467 e. The van der Waals surface area contributed by atoms with Gasteiger partial charge in [-0.2, -0.15) is 0 Å². The number of amides is 1. The Kier molecular flexibility index (Phi) is 4.90. The molecule has 25 heavy (non-hydrogen) atoms. The molecule has 130 valence electrons. The Morgan fingerprint density at radius 3 is 2.80 bits per heavy atom. The van der Waals surface area contributed by atoms with Crippen molar-refractivity contribution in [3.63, 3.8) is 0 Å². The molecule has 0 spiro atoms. The first-order valence-electron chi connectivity index (χ1n) is 7.95. The number of carbonyl (C=O) groups is 1. The number of hydrogen-bond acceptors (Lipinski definition) is 4. The van der Waals surface area contributed by atoms with E-state index in [1.807, 2.05) is 13.0 Å². The molecular weight excluding hydrogens is 344 g/mol. The number of nitro benzene ring substituents is 1. The molecule has 7 heteroatoms. The predicted molar refractivity (Wildman–Crippen MR) is 94.1 cm³/mol. The van der Waals surface area contributed by atoms with Crippen LogP contribution in [0.15, 0.2) is 47.1 Å². The zero-order valence-electron chi connectivity index (χ0n) is 13.6. The summed E-state index contributed by atoms with van der Waals surface area (Å²) in [4.78, 5) is 24.9. The maximum absolute atomic E-state index is 12.7. The summed E-state index contributed by atoms with van der Waals surface area (Å²) in [7, 11) is 0. The fourth-order valence-electron chi connectivity index (χ4n) is 2.73. The van der Waals surface area contributed by atoms with Crippen LogP contribution in [-0.2, 0) is 4.79 Å². The van der Waals surface area contributed by atoms with E-state index in [0.717, 1.165) is 18.6 Å². The van der Waals surface area contributed by atoms with Gasteiger partial charge in [0, 0.05) is 18.2 Å². The van der Waals surface area contributed by atoms with Gasteiger partial charge in [-0.05, 0) is 49.6 Å². The molecule has 1 aromatic heterocycles. The van der Waals surface area contributed by atoms with Crippen LogP contribution in [0.5, 0.6) is 0 Å². The zero-order chi connectivity index (χ0) is 18.0. The minimum Gasteiger partial charge on any atom is -0.467 e. The highest BCUT2D eigenvalue weighted by Crippen LogP contribution is 2.35. The normalized spacial score (nSPS) is 15.3. The van der Waals surface area contributed by atoms with Gasteiger partial charge in [-0.15, -0.1) is 0 Å². The van der Waals surface area contributed by atoms with E-state index in [0.29, 0.717) is 5.56 Å². The van der Waals surface area contributed by atoms with Gasteiger partial charge in [0.15, 0.2) is 0 Å². The first-order valence-corrected chi connectivity index (χ1v) is 8.33. The number of carbonyl (C=O) groups excluding carboxylic acids is 1. The highest BCUT2D eigenvalue weighted by atomic mass is 35.5. The van der Waals surface area contributed by atoms with Crippen molar-refractivity contribution in [3.8, 4) is 0 Å². The third kappa shape index (κ3) is 3.91. The van der Waals surface area contributed by atoms with Gasteiger partial charge in [-0.3, -0.25) is 14.9 Å². The summed E-state index contributed by atoms with van der Waals surface area (Å²) in [6.07, 6.45) is 6.53. The van der Waals surface area contributed by atoms with Gasteiger partial charge in [0.2, 0.25) is 5.91 Å². The summed E-state index contributed by atoms with van der Waals surface area (Å²) in [5.74, 6) is 0.583. The fourth-order valence-corrected chi connectivity index (χ4v) is 2.92. The molecule has 1 saturated carbocycles. The van der Waals surface area contributed by atoms with E-state index in [4.69, 9.17) is 16.0 Å². The lowest BCUT2D eigenvalue weighted by Crippen LogP contribution is -2.34. The van der Waals surface area contributed by atoms with Crippen molar-refractivity contribution in [2.24, 2.45) is 0 Å². The Bertz CT molecular complexity index is 812. The van der Waals surface area contributed by atoms with Crippen molar-refractivity contribution in [3.05, 3.63) is 69.1 Å². The zero-order valence-corrected chi connectivity index (χ0v) is 14.3. The van der Waals surface area contributed by atoms with Crippen LogP contribution < -0.4 is 0 Å². The van der Waals surface area contributed by atoms with E-state index in [9.17, 15) is 14.9 Å². The SMILES string of the molecule is CC(c1ccco1)N(C(=O)/C=C/c1ccc(Cl)c([N+](=O)[O-])c1)C1CC1. The van der Waals surface area contributed by atoms with Gasteiger partial charge in [0.05, 0.1) is 17.2 Å². The van der Waals surface area contributed by atoms with Crippen LogP contribution >= 0.6 is 11.6 Å². The van der Waals surface area contributed by atoms with Crippen molar-refractivity contribution in [2.45, 2.75) is 31.8 Å². The summed E-state index contributed by atoms with van der Waals surface area (Å²) in [6, 6.07) is 8.12. The third-order valence-corrected chi connectivity index (χ3v) is 4.47. The van der Waals surface area contributed by atoms with Crippen LogP contribution in [0, 0.1) is 10.1 Å². The number of furan rings is 1. The number of hydrogen-bond donors (Lipinski definition) is 0. The topological polar surface area (TPSA) is 76.6 Å². The van der Waals surface area contributed by atoms with Crippen molar-refractivity contribution < 1.29 is 14.1 Å². The van der Waals surface area contributed by atoms with Crippen molar-refractivity contribution >= 4 is 29.3 Å². The van der Waals surface area contributed by atoms with Crippen molar-refractivity contribution in [1.29, 1.82) is 0 Å². The molecule has 0 saturated heterocycles. The average molecular weight is 361 g/mol. The maximum Gasteiger partial charge on any atom is 0.288 e. The molecule has 0 aliphatic heterocycles. The average Bonchev–Trinajstić information content (AvgIpc) is 3.25. The Morgan fingerprint density at radius 2 is 2.20 bits per heavy atom. The van der Waals surface area contributed by atoms with Crippen LogP contribution in [0.25, 0.3) is 6.08 Å². The third-order valence-electron chi connectivity index (χ3n) is 4.15. The van der Waals surface area contributed by atoms with Gasteiger partial charge in [-0.1, -0.05) is 17.7 Å². The number of nitro groups is 1. The Balaban J connectivity index is 1.79. The highest BCUT2D eigenvalue weighted by Gasteiger charge is 2.36. The summed E-state index contributed by atoms with van der Waals surface area (Å²) < 4.78 is 5.41. The second kappa shape index (κ2) is 7.11. The molecule has 0 bridgehead atoms. The smallest absolute Gasteiger partial charge is 0.288 e. The quantitative estimate of drug-likeness (QED) is 0.428. The van der Waals surface area contributed by atoms with Crippen LogP contribution in [0.3, 0.4) is 0 Å². The molecule has 1 heterocycles. The molecule has 0 N–H and O–H groups in total. The van der Waals surface area contributed by atoms with Gasteiger partial charge in [0.1, 0.15) is 10.8 Å². The van der Waals surface area contributed by atoms with Gasteiger partial charge >= 0.3 is 0 Å². The van der Waals surface area contributed by atoms with Crippen LogP contribution in [0.4, 0.5) is 5.69 Å². The molecule has 1 fully saturated rings. The Hall–Kier alpha value is -2.60. The summed E-state index contributed by atoms with van der Waals surface area (Å²) in [5, 5.41) is 11.0. The molecule has 6 nitrogen and oxygen atoms in total. The summed E-state index contributed by atoms with van der Waals surface area (Å²) in [6.45, 7) is 1.93. The van der Waals surface area contributed by atoms with E-state index in [1.165, 1.54) is 18.2 Å². The van der Waals surface area contributed by atoms with E-state index in [2.05, 4.69) is 0 Å². The standard InChI is InChI=1S/C18H17ClN2O4/c1-12(17-3-2-10-25-17)20(14-6-7-14)18(22)9-5-13-4-8-15(19)16(11-13)21(23)24/h2-5,8-12,14H,6-7H2,1H3/b9-5+. The van der Waals surface area contributed by atoms with E-state index < -0.39 is 4.92 Å². The molecule has 2 aromatic rings. The number of rotatable bonds is 6. The van der Waals surface area contributed by atoms with E-state index in [1.54, 1.807) is 29.4 Å². The molecule has 3 rings (SSSR count). The monoisotopic (exact) mass is 360 g/mol. The molecule has 1 atom stereocenters. The molecule has 0 radical (unpaired) electrons. The minimum atomic E-state index is -0.545. The molecule has 1 unspecified atom stereocenters. The van der Waals surface area contributed by atoms with Gasteiger partial charge in [-0.25, -0.2) is 0 Å². The maximum atomic E-state index is 12.7. The van der Waals surface area contributed by atoms with Crippen LogP contribution in [0.1, 0.15) is 37.1 Å². The first kappa shape index (κ1) is 17.2. The lowest BCUT2D eigenvalue weighted by molar-refractivity contribution is -0.384. The van der Waals surface area contributed by atoms with Crippen molar-refractivity contribution in [1.82, 2.24) is 4.90 Å². The van der Waals surface area contributed by atoms with Gasteiger partial charge in [0.25, 0.3) is 5.69 Å². The fraction of sp³-hybridized carbons (Fsp3) is 0.278. The summed E-state index contributed by atoms with van der Waals surface area (Å²) >= 11 is 5.80. The second-order valence-corrected chi connectivity index (χ2v) is 6.38. The lowest BCUT2D eigenvalue weighted by atomic mass is 10.1. The second-order valence-electron chi connectivity index (χ2n) is 5.97. The molecule has 1 amide bonds. The first-order chi connectivity index (χ1) is 12.0. The van der Waals surface area contributed by atoms with Crippen LogP contribution in [-0.4, -0.2) is 21.8 Å². The van der Waals surface area contributed by atoms with E-state index in [-0.39, 0.29) is 28.7 Å². The van der Waals surface area contributed by atoms with E-state index >= 15 is 0 Å². The minimum absolute atomic E-state index is 0.0690. The van der Waals surface area contributed by atoms with Crippen molar-refractivity contribution in [2.75, 3.05) is 0 Å². The molecular formula is C18H17ClN2O4. The molecule has 1 aliphatic rings. The molecule has 1 aromatic carbocycles. The highest BCUT2D eigenvalue weighted by molar-refractivity contribution is 6.32. The number of nitrogens with zero attached hydrogens (tertiary/aromatic N) is 2. The molecule has 1 aliphatic carbocycles. The number of benzene rings is 1. The Morgan fingerprint density at radius 1 is 1.44 bits per heavy atom. The lowest BCUT2D eigenvalue weighted by Gasteiger charge is -2.26.